The van der Waals surface area contributed by atoms with Crippen LogP contribution < -0.4 is 5.32 Å². The number of carboxylic acids is 1. The van der Waals surface area contributed by atoms with Gasteiger partial charge in [0.1, 0.15) is 6.04 Å². The highest BCUT2D eigenvalue weighted by atomic mass is 16.4. The van der Waals surface area contributed by atoms with Gasteiger partial charge in [0.05, 0.1) is 6.54 Å². The Bertz CT molecular complexity index is 353. The Labute approximate surface area is 127 Å². The van der Waals surface area contributed by atoms with Crippen LogP contribution in [0.2, 0.25) is 0 Å². The van der Waals surface area contributed by atoms with Gasteiger partial charge in [-0.2, -0.15) is 0 Å². The predicted octanol–water partition coefficient (Wildman–Crippen LogP) is 2.01. The van der Waals surface area contributed by atoms with Crippen molar-refractivity contribution in [3.8, 4) is 0 Å². The van der Waals surface area contributed by atoms with Gasteiger partial charge in [-0.25, -0.2) is 0 Å². The van der Waals surface area contributed by atoms with Crippen LogP contribution in [0.15, 0.2) is 0 Å². The lowest BCUT2D eigenvalue weighted by Crippen LogP contribution is -2.49. The fourth-order valence-corrected chi connectivity index (χ4v) is 3.59. The number of carbonyl (C=O) groups is 2. The summed E-state index contributed by atoms with van der Waals surface area (Å²) in [5, 5.41) is 12.2. The van der Waals surface area contributed by atoms with Crippen molar-refractivity contribution in [3.05, 3.63) is 0 Å². The molecule has 1 saturated heterocycles. The van der Waals surface area contributed by atoms with Gasteiger partial charge in [0, 0.05) is 6.54 Å². The SMILES string of the molecule is O=C(CN1CCCCC1C(=O)O)NCCC1CCCCC1. The second-order valence-electron chi connectivity index (χ2n) is 6.46. The van der Waals surface area contributed by atoms with Gasteiger partial charge in [0.2, 0.25) is 5.91 Å². The summed E-state index contributed by atoms with van der Waals surface area (Å²) in [6, 6.07) is -0.483. The van der Waals surface area contributed by atoms with E-state index in [0.717, 1.165) is 31.7 Å². The number of carboxylic acid groups (broad SMARTS) is 1. The average molecular weight is 296 g/mol. The maximum absolute atomic E-state index is 12.0. The van der Waals surface area contributed by atoms with Crippen molar-refractivity contribution in [2.75, 3.05) is 19.6 Å². The second-order valence-corrected chi connectivity index (χ2v) is 6.46. The van der Waals surface area contributed by atoms with Crippen molar-refractivity contribution < 1.29 is 14.7 Å². The fraction of sp³-hybridized carbons (Fsp3) is 0.875. The molecule has 2 rings (SSSR count). The van der Waals surface area contributed by atoms with Gasteiger partial charge in [-0.15, -0.1) is 0 Å². The first-order chi connectivity index (χ1) is 10.2. The minimum atomic E-state index is -0.801. The predicted molar refractivity (Wildman–Crippen MR) is 81.0 cm³/mol. The molecule has 0 aromatic rings. The lowest BCUT2D eigenvalue weighted by atomic mass is 9.87. The molecule has 0 radical (unpaired) electrons. The summed E-state index contributed by atoms with van der Waals surface area (Å²) in [6.07, 6.45) is 10.2. The molecular weight excluding hydrogens is 268 g/mol. The highest BCUT2D eigenvalue weighted by molar-refractivity contribution is 5.80. The molecular formula is C16H28N2O3. The zero-order valence-corrected chi connectivity index (χ0v) is 12.9. The molecule has 2 fully saturated rings. The van der Waals surface area contributed by atoms with Crippen molar-refractivity contribution in [1.29, 1.82) is 0 Å². The standard InChI is InChI=1S/C16H28N2O3/c19-15(17-10-9-13-6-2-1-3-7-13)12-18-11-5-4-8-14(18)16(20)21/h13-14H,1-12H2,(H,17,19)(H,20,21). The van der Waals surface area contributed by atoms with Crippen molar-refractivity contribution in [2.45, 2.75) is 63.8 Å². The quantitative estimate of drug-likeness (QED) is 0.786. The molecule has 2 N–H and O–H groups in total. The van der Waals surface area contributed by atoms with E-state index in [-0.39, 0.29) is 12.5 Å². The van der Waals surface area contributed by atoms with Gasteiger partial charge in [-0.1, -0.05) is 38.5 Å². The average Bonchev–Trinajstić information content (AvgIpc) is 2.48. The molecule has 2 aliphatic rings. The first-order valence-electron chi connectivity index (χ1n) is 8.40. The van der Waals surface area contributed by atoms with E-state index >= 15 is 0 Å². The fourth-order valence-electron chi connectivity index (χ4n) is 3.59. The second kappa shape index (κ2) is 8.37. The molecule has 1 atom stereocenters. The molecule has 5 heteroatoms. The molecule has 120 valence electrons. The number of rotatable bonds is 6. The Hall–Kier alpha value is -1.10. The number of likely N-dealkylation sites (tertiary alicyclic amines) is 1. The maximum atomic E-state index is 12.0. The third-order valence-electron chi connectivity index (χ3n) is 4.84. The van der Waals surface area contributed by atoms with E-state index in [1.165, 1.54) is 32.1 Å². The van der Waals surface area contributed by atoms with Crippen LogP contribution in [0.25, 0.3) is 0 Å². The van der Waals surface area contributed by atoms with Crippen molar-refractivity contribution in [2.24, 2.45) is 5.92 Å². The molecule has 21 heavy (non-hydrogen) atoms. The third-order valence-corrected chi connectivity index (χ3v) is 4.84. The Morgan fingerprint density at radius 3 is 2.48 bits per heavy atom. The largest absolute Gasteiger partial charge is 0.480 e. The van der Waals surface area contributed by atoms with E-state index in [4.69, 9.17) is 0 Å². The maximum Gasteiger partial charge on any atom is 0.320 e. The Morgan fingerprint density at radius 2 is 1.76 bits per heavy atom. The normalized spacial score (nSPS) is 24.7. The van der Waals surface area contributed by atoms with E-state index in [1.54, 1.807) is 0 Å². The van der Waals surface area contributed by atoms with Crippen LogP contribution in [-0.4, -0.2) is 47.6 Å². The van der Waals surface area contributed by atoms with E-state index in [0.29, 0.717) is 13.0 Å². The van der Waals surface area contributed by atoms with Crippen LogP contribution in [0.5, 0.6) is 0 Å². The highest BCUT2D eigenvalue weighted by Crippen LogP contribution is 2.25. The van der Waals surface area contributed by atoms with Gasteiger partial charge >= 0.3 is 5.97 Å². The molecule has 1 aliphatic heterocycles. The minimum Gasteiger partial charge on any atom is -0.480 e. The van der Waals surface area contributed by atoms with Crippen LogP contribution in [0.3, 0.4) is 0 Å². The summed E-state index contributed by atoms with van der Waals surface area (Å²) >= 11 is 0. The van der Waals surface area contributed by atoms with Crippen LogP contribution in [0, 0.1) is 5.92 Å². The number of nitrogens with one attached hydrogen (secondary N) is 1. The summed E-state index contributed by atoms with van der Waals surface area (Å²) in [6.45, 7) is 1.67. The molecule has 1 amide bonds. The molecule has 1 aliphatic carbocycles. The zero-order chi connectivity index (χ0) is 15.1. The van der Waals surface area contributed by atoms with E-state index in [2.05, 4.69) is 5.32 Å². The highest BCUT2D eigenvalue weighted by Gasteiger charge is 2.29. The van der Waals surface area contributed by atoms with Gasteiger partial charge in [-0.3, -0.25) is 14.5 Å². The monoisotopic (exact) mass is 296 g/mol. The van der Waals surface area contributed by atoms with Crippen LogP contribution in [0.1, 0.15) is 57.8 Å². The summed E-state index contributed by atoms with van der Waals surface area (Å²) in [4.78, 5) is 25.0. The number of piperidine rings is 1. The molecule has 0 aromatic heterocycles. The van der Waals surface area contributed by atoms with Crippen molar-refractivity contribution >= 4 is 11.9 Å². The Kier molecular flexibility index (Phi) is 6.49. The summed E-state index contributed by atoms with van der Waals surface area (Å²) < 4.78 is 0. The lowest BCUT2D eigenvalue weighted by Gasteiger charge is -2.32. The number of aliphatic carboxylic acids is 1. The molecule has 1 saturated carbocycles. The van der Waals surface area contributed by atoms with Crippen LogP contribution in [-0.2, 0) is 9.59 Å². The smallest absolute Gasteiger partial charge is 0.320 e. The number of nitrogens with zero attached hydrogens (tertiary/aromatic N) is 1. The van der Waals surface area contributed by atoms with E-state index in [9.17, 15) is 14.7 Å². The van der Waals surface area contributed by atoms with Crippen molar-refractivity contribution in [1.82, 2.24) is 10.2 Å². The Balaban J connectivity index is 1.66. The third kappa shape index (κ3) is 5.30. The first-order valence-corrected chi connectivity index (χ1v) is 8.40. The van der Waals surface area contributed by atoms with Gasteiger partial charge < -0.3 is 10.4 Å². The summed E-state index contributed by atoms with van der Waals surface area (Å²) in [5.74, 6) is -0.0653. The van der Waals surface area contributed by atoms with Crippen molar-refractivity contribution in [3.63, 3.8) is 0 Å². The van der Waals surface area contributed by atoms with Gasteiger partial charge in [0.15, 0.2) is 0 Å². The number of carbonyl (C=O) groups excluding carboxylic acids is 1. The zero-order valence-electron chi connectivity index (χ0n) is 12.9. The van der Waals surface area contributed by atoms with Gasteiger partial charge in [0.25, 0.3) is 0 Å². The van der Waals surface area contributed by atoms with E-state index in [1.807, 2.05) is 4.90 Å². The first kappa shape index (κ1) is 16.3. The van der Waals surface area contributed by atoms with E-state index < -0.39 is 12.0 Å². The molecule has 0 bridgehead atoms. The molecule has 1 unspecified atom stereocenters. The molecule has 0 aromatic carbocycles. The minimum absolute atomic E-state index is 0.0287. The molecule has 1 heterocycles. The number of amides is 1. The summed E-state index contributed by atoms with van der Waals surface area (Å²) in [7, 11) is 0. The molecule has 0 spiro atoms. The van der Waals surface area contributed by atoms with Gasteiger partial charge in [-0.05, 0) is 31.7 Å². The Morgan fingerprint density at radius 1 is 1.05 bits per heavy atom. The number of hydrogen-bond donors (Lipinski definition) is 2. The lowest BCUT2D eigenvalue weighted by molar-refractivity contribution is -0.145. The summed E-state index contributed by atoms with van der Waals surface area (Å²) in [5.41, 5.74) is 0. The molecule has 5 nitrogen and oxygen atoms in total. The number of hydrogen-bond acceptors (Lipinski definition) is 3. The van der Waals surface area contributed by atoms with Crippen LogP contribution >= 0.6 is 0 Å². The topological polar surface area (TPSA) is 69.6 Å². The van der Waals surface area contributed by atoms with Crippen LogP contribution in [0.4, 0.5) is 0 Å².